The van der Waals surface area contributed by atoms with E-state index < -0.39 is 11.8 Å². The first-order valence-electron chi connectivity index (χ1n) is 6.01. The standard InChI is InChI=1S/C13H14FN3O3/c1-2-19-13(18)9-5-12(10(14)6-11(9)15)16-7-8-3-4-20-17-8/h3-6,16H,2,7,15H2,1H3. The fraction of sp³-hybridized carbons (Fsp3) is 0.231. The Labute approximate surface area is 114 Å². The van der Waals surface area contributed by atoms with Crippen molar-refractivity contribution >= 4 is 17.3 Å². The predicted molar refractivity (Wildman–Crippen MR) is 70.6 cm³/mol. The smallest absolute Gasteiger partial charge is 0.340 e. The monoisotopic (exact) mass is 279 g/mol. The van der Waals surface area contributed by atoms with Gasteiger partial charge in [0.05, 0.1) is 24.4 Å². The van der Waals surface area contributed by atoms with Crippen molar-refractivity contribution in [2.45, 2.75) is 13.5 Å². The van der Waals surface area contributed by atoms with Crippen LogP contribution in [0, 0.1) is 5.82 Å². The third-order valence-corrected chi connectivity index (χ3v) is 2.59. The van der Waals surface area contributed by atoms with Gasteiger partial charge in [0.25, 0.3) is 0 Å². The highest BCUT2D eigenvalue weighted by atomic mass is 19.1. The average molecular weight is 279 g/mol. The fourth-order valence-electron chi connectivity index (χ4n) is 1.62. The normalized spacial score (nSPS) is 10.3. The Bertz CT molecular complexity index is 599. The van der Waals surface area contributed by atoms with E-state index in [1.165, 1.54) is 12.3 Å². The number of hydrogen-bond acceptors (Lipinski definition) is 6. The molecule has 1 aromatic heterocycles. The van der Waals surface area contributed by atoms with Gasteiger partial charge in [-0.15, -0.1) is 0 Å². The van der Waals surface area contributed by atoms with E-state index in [0.717, 1.165) is 6.07 Å². The lowest BCUT2D eigenvalue weighted by Crippen LogP contribution is -2.10. The van der Waals surface area contributed by atoms with Crippen LogP contribution < -0.4 is 11.1 Å². The van der Waals surface area contributed by atoms with Gasteiger partial charge in [0, 0.05) is 11.8 Å². The average Bonchev–Trinajstić information content (AvgIpc) is 2.91. The first-order chi connectivity index (χ1) is 9.61. The molecule has 0 atom stereocenters. The van der Waals surface area contributed by atoms with Crippen LogP contribution in [0.15, 0.2) is 29.0 Å². The lowest BCUT2D eigenvalue weighted by atomic mass is 10.1. The number of nitrogens with two attached hydrogens (primary N) is 1. The molecule has 0 saturated carbocycles. The maximum atomic E-state index is 13.8. The summed E-state index contributed by atoms with van der Waals surface area (Å²) in [7, 11) is 0. The molecule has 0 aliphatic heterocycles. The van der Waals surface area contributed by atoms with Crippen LogP contribution in [0.3, 0.4) is 0 Å². The van der Waals surface area contributed by atoms with Crippen molar-refractivity contribution in [3.8, 4) is 0 Å². The van der Waals surface area contributed by atoms with Gasteiger partial charge in [-0.3, -0.25) is 0 Å². The maximum absolute atomic E-state index is 13.8. The summed E-state index contributed by atoms with van der Waals surface area (Å²) < 4.78 is 23.3. The molecule has 0 aliphatic rings. The summed E-state index contributed by atoms with van der Waals surface area (Å²) in [6, 6.07) is 4.05. The van der Waals surface area contributed by atoms with Crippen LogP contribution in [0.4, 0.5) is 15.8 Å². The molecule has 2 rings (SSSR count). The highest BCUT2D eigenvalue weighted by Crippen LogP contribution is 2.23. The Balaban J connectivity index is 2.19. The molecule has 6 nitrogen and oxygen atoms in total. The van der Waals surface area contributed by atoms with Crippen LogP contribution in [0.1, 0.15) is 23.0 Å². The van der Waals surface area contributed by atoms with Gasteiger partial charge in [0.1, 0.15) is 17.8 Å². The first-order valence-corrected chi connectivity index (χ1v) is 6.01. The maximum Gasteiger partial charge on any atom is 0.340 e. The second kappa shape index (κ2) is 6.05. The Morgan fingerprint density at radius 3 is 3.00 bits per heavy atom. The number of ether oxygens (including phenoxy) is 1. The number of benzene rings is 1. The highest BCUT2D eigenvalue weighted by molar-refractivity contribution is 5.96. The van der Waals surface area contributed by atoms with E-state index in [0.29, 0.717) is 5.69 Å². The molecule has 0 aliphatic carbocycles. The lowest BCUT2D eigenvalue weighted by molar-refractivity contribution is 0.0527. The second-order valence-electron chi connectivity index (χ2n) is 3.98. The van der Waals surface area contributed by atoms with Crippen LogP contribution in [-0.4, -0.2) is 17.7 Å². The van der Waals surface area contributed by atoms with Crippen molar-refractivity contribution in [1.82, 2.24) is 5.16 Å². The number of anilines is 2. The third kappa shape index (κ3) is 3.05. The van der Waals surface area contributed by atoms with E-state index in [-0.39, 0.29) is 30.1 Å². The van der Waals surface area contributed by atoms with Crippen LogP contribution >= 0.6 is 0 Å². The SMILES string of the molecule is CCOC(=O)c1cc(NCc2ccon2)c(F)cc1N. The molecule has 0 spiro atoms. The van der Waals surface area contributed by atoms with Gasteiger partial charge in [-0.25, -0.2) is 9.18 Å². The summed E-state index contributed by atoms with van der Waals surface area (Å²) in [5.41, 5.74) is 6.53. The molecule has 0 fully saturated rings. The van der Waals surface area contributed by atoms with Crippen LogP contribution in [0.2, 0.25) is 0 Å². The Kier molecular flexibility index (Phi) is 4.19. The van der Waals surface area contributed by atoms with E-state index >= 15 is 0 Å². The van der Waals surface area contributed by atoms with Gasteiger partial charge in [-0.05, 0) is 19.1 Å². The topological polar surface area (TPSA) is 90.4 Å². The van der Waals surface area contributed by atoms with Crippen molar-refractivity contribution in [3.05, 3.63) is 41.5 Å². The van der Waals surface area contributed by atoms with Gasteiger partial charge in [0.2, 0.25) is 0 Å². The molecular weight excluding hydrogens is 265 g/mol. The van der Waals surface area contributed by atoms with Crippen molar-refractivity contribution in [1.29, 1.82) is 0 Å². The van der Waals surface area contributed by atoms with Crippen molar-refractivity contribution in [3.63, 3.8) is 0 Å². The molecule has 7 heteroatoms. The number of aromatic nitrogens is 1. The number of carbonyl (C=O) groups excluding carboxylic acids is 1. The Morgan fingerprint density at radius 1 is 1.55 bits per heavy atom. The zero-order valence-corrected chi connectivity index (χ0v) is 10.9. The number of carbonyl (C=O) groups is 1. The van der Waals surface area contributed by atoms with Gasteiger partial charge in [-0.2, -0.15) is 0 Å². The molecule has 20 heavy (non-hydrogen) atoms. The molecule has 0 unspecified atom stereocenters. The summed E-state index contributed by atoms with van der Waals surface area (Å²) in [6.07, 6.45) is 1.42. The van der Waals surface area contributed by atoms with Gasteiger partial charge >= 0.3 is 5.97 Å². The number of esters is 1. The molecule has 0 amide bonds. The van der Waals surface area contributed by atoms with Crippen LogP contribution in [0.5, 0.6) is 0 Å². The minimum absolute atomic E-state index is 0.0351. The van der Waals surface area contributed by atoms with E-state index in [2.05, 4.69) is 15.0 Å². The van der Waals surface area contributed by atoms with Crippen LogP contribution in [-0.2, 0) is 11.3 Å². The van der Waals surface area contributed by atoms with E-state index in [4.69, 9.17) is 10.5 Å². The summed E-state index contributed by atoms with van der Waals surface area (Å²) in [6.45, 7) is 2.16. The summed E-state index contributed by atoms with van der Waals surface area (Å²) in [5, 5.41) is 6.51. The Morgan fingerprint density at radius 2 is 2.35 bits per heavy atom. The molecule has 2 aromatic rings. The lowest BCUT2D eigenvalue weighted by Gasteiger charge is -2.10. The largest absolute Gasteiger partial charge is 0.462 e. The quantitative estimate of drug-likeness (QED) is 0.644. The molecular formula is C13H14FN3O3. The number of rotatable bonds is 5. The highest BCUT2D eigenvalue weighted by Gasteiger charge is 2.15. The number of nitrogens with zero attached hydrogens (tertiary/aromatic N) is 1. The molecule has 0 bridgehead atoms. The van der Waals surface area contributed by atoms with E-state index in [1.54, 1.807) is 13.0 Å². The molecule has 1 heterocycles. The molecule has 0 radical (unpaired) electrons. The summed E-state index contributed by atoms with van der Waals surface area (Å²) >= 11 is 0. The first kappa shape index (κ1) is 13.9. The number of halogens is 1. The molecule has 1 aromatic carbocycles. The minimum Gasteiger partial charge on any atom is -0.462 e. The molecule has 3 N–H and O–H groups in total. The summed E-state index contributed by atoms with van der Waals surface area (Å²) in [4.78, 5) is 11.7. The zero-order chi connectivity index (χ0) is 14.5. The van der Waals surface area contributed by atoms with Gasteiger partial charge < -0.3 is 20.3 Å². The minimum atomic E-state index is -0.588. The predicted octanol–water partition coefficient (Wildman–Crippen LogP) is 2.18. The Hall–Kier alpha value is -2.57. The van der Waals surface area contributed by atoms with E-state index in [1.807, 2.05) is 0 Å². The van der Waals surface area contributed by atoms with E-state index in [9.17, 15) is 9.18 Å². The number of nitrogens with one attached hydrogen (secondary N) is 1. The third-order valence-electron chi connectivity index (χ3n) is 2.59. The molecule has 0 saturated heterocycles. The fourth-order valence-corrected chi connectivity index (χ4v) is 1.62. The number of hydrogen-bond donors (Lipinski definition) is 2. The summed E-state index contributed by atoms with van der Waals surface area (Å²) in [5.74, 6) is -1.14. The number of nitrogen functional groups attached to an aromatic ring is 1. The second-order valence-corrected chi connectivity index (χ2v) is 3.98. The van der Waals surface area contributed by atoms with Crippen LogP contribution in [0.25, 0.3) is 0 Å². The van der Waals surface area contributed by atoms with Gasteiger partial charge in [-0.1, -0.05) is 5.16 Å². The molecule has 106 valence electrons. The van der Waals surface area contributed by atoms with Gasteiger partial charge in [0.15, 0.2) is 0 Å². The van der Waals surface area contributed by atoms with Crippen molar-refractivity contribution < 1.29 is 18.4 Å². The van der Waals surface area contributed by atoms with Crippen molar-refractivity contribution in [2.75, 3.05) is 17.7 Å². The van der Waals surface area contributed by atoms with Crippen molar-refractivity contribution in [2.24, 2.45) is 0 Å². The zero-order valence-electron chi connectivity index (χ0n) is 10.9.